The molecule has 0 fully saturated rings. The molecule has 0 atom stereocenters. The number of aryl methyl sites for hydroxylation is 3. The molecule has 1 aromatic heterocycles. The summed E-state index contributed by atoms with van der Waals surface area (Å²) in [4.78, 5) is 12.3. The molecule has 2 aromatic carbocycles. The summed E-state index contributed by atoms with van der Waals surface area (Å²) in [5, 5.41) is 11.2. The van der Waals surface area contributed by atoms with Gasteiger partial charge in [-0.2, -0.15) is 0 Å². The van der Waals surface area contributed by atoms with Crippen LogP contribution in [-0.4, -0.2) is 21.9 Å². The van der Waals surface area contributed by atoms with E-state index in [1.165, 1.54) is 11.8 Å². The molecule has 0 radical (unpaired) electrons. The Labute approximate surface area is 176 Å². The fourth-order valence-corrected chi connectivity index (χ4v) is 3.81. The third-order valence-electron chi connectivity index (χ3n) is 3.92. The first-order chi connectivity index (χ1) is 13.4. The summed E-state index contributed by atoms with van der Waals surface area (Å²) in [6, 6.07) is 11.6. The number of benzene rings is 2. The predicted molar refractivity (Wildman–Crippen MR) is 113 cm³/mol. The highest BCUT2D eigenvalue weighted by atomic mass is 79.9. The molecule has 8 heteroatoms. The van der Waals surface area contributed by atoms with Crippen LogP contribution in [0.5, 0.6) is 5.75 Å². The average Bonchev–Trinajstić information content (AvgIpc) is 3.10. The molecule has 0 aliphatic carbocycles. The highest BCUT2D eigenvalue weighted by molar-refractivity contribution is 9.10. The molecule has 0 saturated carbocycles. The summed E-state index contributed by atoms with van der Waals surface area (Å²) in [5.74, 6) is 1.14. The van der Waals surface area contributed by atoms with Crippen LogP contribution in [0, 0.1) is 20.8 Å². The maximum atomic E-state index is 12.3. The van der Waals surface area contributed by atoms with Crippen molar-refractivity contribution in [3.63, 3.8) is 0 Å². The van der Waals surface area contributed by atoms with Crippen molar-refractivity contribution in [2.24, 2.45) is 0 Å². The monoisotopic (exact) mass is 461 g/mol. The highest BCUT2D eigenvalue weighted by Crippen LogP contribution is 2.26. The van der Waals surface area contributed by atoms with Crippen molar-refractivity contribution in [2.75, 3.05) is 11.1 Å². The van der Waals surface area contributed by atoms with Gasteiger partial charge in [-0.15, -0.1) is 10.2 Å². The normalized spacial score (nSPS) is 10.7. The smallest absolute Gasteiger partial charge is 0.277 e. The van der Waals surface area contributed by atoms with Gasteiger partial charge in [0.2, 0.25) is 5.91 Å². The molecule has 0 spiro atoms. The number of thioether (sulfide) groups is 1. The Morgan fingerprint density at radius 3 is 2.50 bits per heavy atom. The van der Waals surface area contributed by atoms with Crippen LogP contribution in [0.25, 0.3) is 0 Å². The molecule has 28 heavy (non-hydrogen) atoms. The van der Waals surface area contributed by atoms with Gasteiger partial charge < -0.3 is 14.5 Å². The molecule has 3 rings (SSSR count). The van der Waals surface area contributed by atoms with Crippen LogP contribution < -0.4 is 10.1 Å². The van der Waals surface area contributed by atoms with E-state index in [0.29, 0.717) is 11.1 Å². The molecule has 6 nitrogen and oxygen atoms in total. The zero-order valence-electron chi connectivity index (χ0n) is 15.8. The maximum absolute atomic E-state index is 12.3. The van der Waals surface area contributed by atoms with Crippen LogP contribution >= 0.6 is 27.7 Å². The minimum Gasteiger partial charge on any atom is -0.484 e. The minimum atomic E-state index is -0.130. The summed E-state index contributed by atoms with van der Waals surface area (Å²) in [6.07, 6.45) is 0. The summed E-state index contributed by atoms with van der Waals surface area (Å²) in [7, 11) is 0. The number of anilines is 1. The fraction of sp³-hybridized carbons (Fsp3) is 0.250. The van der Waals surface area contributed by atoms with Gasteiger partial charge in [0, 0.05) is 10.2 Å². The van der Waals surface area contributed by atoms with E-state index in [4.69, 9.17) is 9.15 Å². The first-order valence-corrected chi connectivity index (χ1v) is 10.4. The maximum Gasteiger partial charge on any atom is 0.277 e. The topological polar surface area (TPSA) is 77.2 Å². The summed E-state index contributed by atoms with van der Waals surface area (Å²) in [5.41, 5.74) is 3.99. The van der Waals surface area contributed by atoms with Gasteiger partial charge in [-0.25, -0.2) is 0 Å². The Morgan fingerprint density at radius 1 is 1.14 bits per heavy atom. The van der Waals surface area contributed by atoms with Crippen molar-refractivity contribution in [3.8, 4) is 5.75 Å². The lowest BCUT2D eigenvalue weighted by Crippen LogP contribution is -2.15. The van der Waals surface area contributed by atoms with Crippen molar-refractivity contribution in [1.29, 1.82) is 0 Å². The third kappa shape index (κ3) is 5.59. The van der Waals surface area contributed by atoms with Crippen LogP contribution in [0.15, 0.2) is 50.5 Å². The number of nitrogens with zero attached hydrogens (tertiary/aromatic N) is 2. The summed E-state index contributed by atoms with van der Waals surface area (Å²) in [6.45, 7) is 6.11. The Balaban J connectivity index is 1.50. The van der Waals surface area contributed by atoms with E-state index < -0.39 is 0 Å². The van der Waals surface area contributed by atoms with E-state index in [0.717, 1.165) is 32.6 Å². The van der Waals surface area contributed by atoms with Crippen molar-refractivity contribution in [2.45, 2.75) is 32.6 Å². The molecule has 1 amide bonds. The number of nitrogens with one attached hydrogen (secondary N) is 1. The molecule has 0 bridgehead atoms. The average molecular weight is 462 g/mol. The Bertz CT molecular complexity index is 950. The molecule has 146 valence electrons. The van der Waals surface area contributed by atoms with E-state index in [-0.39, 0.29) is 18.3 Å². The first kappa shape index (κ1) is 20.4. The van der Waals surface area contributed by atoms with E-state index in [1.807, 2.05) is 57.2 Å². The first-order valence-electron chi connectivity index (χ1n) is 8.62. The minimum absolute atomic E-state index is 0.130. The molecule has 0 unspecified atom stereocenters. The molecule has 0 aliphatic heterocycles. The van der Waals surface area contributed by atoms with Gasteiger partial charge in [0.15, 0.2) is 6.61 Å². The van der Waals surface area contributed by atoms with Crippen molar-refractivity contribution in [1.82, 2.24) is 10.2 Å². The SMILES string of the molecule is Cc1ccc(OCc2nnc(SCC(=O)Nc3c(C)cc(Br)cc3C)o2)cc1. The van der Waals surface area contributed by atoms with Gasteiger partial charge >= 0.3 is 0 Å². The number of hydrogen-bond acceptors (Lipinski definition) is 6. The molecule has 0 saturated heterocycles. The van der Waals surface area contributed by atoms with Gasteiger partial charge in [0.05, 0.1) is 5.75 Å². The number of carbonyl (C=O) groups excluding carboxylic acids is 1. The van der Waals surface area contributed by atoms with Crippen molar-refractivity contribution in [3.05, 3.63) is 63.5 Å². The van der Waals surface area contributed by atoms with Crippen LogP contribution in [0.1, 0.15) is 22.6 Å². The lowest BCUT2D eigenvalue weighted by Gasteiger charge is -2.11. The zero-order valence-corrected chi connectivity index (χ0v) is 18.2. The fourth-order valence-electron chi connectivity index (χ4n) is 2.55. The van der Waals surface area contributed by atoms with Gasteiger partial charge in [-0.3, -0.25) is 4.79 Å². The van der Waals surface area contributed by atoms with Crippen LogP contribution in [0.3, 0.4) is 0 Å². The number of ether oxygens (including phenoxy) is 1. The molecular formula is C20H20BrN3O3S. The Morgan fingerprint density at radius 2 is 1.82 bits per heavy atom. The molecule has 3 aromatic rings. The van der Waals surface area contributed by atoms with Crippen LogP contribution in [0.2, 0.25) is 0 Å². The second kappa shape index (κ2) is 9.25. The van der Waals surface area contributed by atoms with Gasteiger partial charge in [0.25, 0.3) is 11.1 Å². The quantitative estimate of drug-likeness (QED) is 0.495. The Hall–Kier alpha value is -2.32. The van der Waals surface area contributed by atoms with E-state index in [2.05, 4.69) is 31.4 Å². The number of amides is 1. The largest absolute Gasteiger partial charge is 0.484 e. The van der Waals surface area contributed by atoms with E-state index in [9.17, 15) is 4.79 Å². The summed E-state index contributed by atoms with van der Waals surface area (Å²) >= 11 is 4.64. The number of hydrogen-bond donors (Lipinski definition) is 1. The standard InChI is InChI=1S/C20H20BrN3O3S/c1-12-4-6-16(7-5-12)26-10-18-23-24-20(27-18)28-11-17(25)22-19-13(2)8-15(21)9-14(19)3/h4-9H,10-11H2,1-3H3,(H,22,25). The second-order valence-corrected chi connectivity index (χ2v) is 8.16. The lowest BCUT2D eigenvalue weighted by molar-refractivity contribution is -0.113. The predicted octanol–water partition coefficient (Wildman–Crippen LogP) is 5.07. The molecule has 1 heterocycles. The van der Waals surface area contributed by atoms with Gasteiger partial charge in [0.1, 0.15) is 5.75 Å². The van der Waals surface area contributed by atoms with Crippen molar-refractivity contribution >= 4 is 39.3 Å². The zero-order chi connectivity index (χ0) is 20.1. The number of rotatable bonds is 7. The highest BCUT2D eigenvalue weighted by Gasteiger charge is 2.12. The van der Waals surface area contributed by atoms with E-state index >= 15 is 0 Å². The van der Waals surface area contributed by atoms with Crippen molar-refractivity contribution < 1.29 is 13.9 Å². The number of aromatic nitrogens is 2. The molecule has 1 N–H and O–H groups in total. The van der Waals surface area contributed by atoms with Crippen LogP contribution in [0.4, 0.5) is 5.69 Å². The molecular weight excluding hydrogens is 442 g/mol. The van der Waals surface area contributed by atoms with Gasteiger partial charge in [-0.1, -0.05) is 45.4 Å². The van der Waals surface area contributed by atoms with Crippen LogP contribution in [-0.2, 0) is 11.4 Å². The van der Waals surface area contributed by atoms with E-state index in [1.54, 1.807) is 0 Å². The second-order valence-electron chi connectivity index (χ2n) is 6.31. The van der Waals surface area contributed by atoms with Gasteiger partial charge in [-0.05, 0) is 56.2 Å². The number of carbonyl (C=O) groups is 1. The lowest BCUT2D eigenvalue weighted by atomic mass is 10.1. The Kier molecular flexibility index (Phi) is 6.74. The number of halogens is 1. The molecule has 0 aliphatic rings. The third-order valence-corrected chi connectivity index (χ3v) is 5.20. The summed E-state index contributed by atoms with van der Waals surface area (Å²) < 4.78 is 12.1.